The summed E-state index contributed by atoms with van der Waals surface area (Å²) in [4.78, 5) is 0. The van der Waals surface area contributed by atoms with Crippen molar-refractivity contribution in [2.45, 2.75) is 67.7 Å². The first kappa shape index (κ1) is 24.0. The van der Waals surface area contributed by atoms with Crippen LogP contribution in [0.1, 0.15) is 13.8 Å². The Hall–Kier alpha value is -1.00. The van der Waals surface area contributed by atoms with Gasteiger partial charge in [0.2, 0.25) is 0 Å². The van der Waals surface area contributed by atoms with Crippen molar-refractivity contribution in [3.63, 3.8) is 0 Å². The maximum Gasteiger partial charge on any atom is 0.429 e. The van der Waals surface area contributed by atoms with E-state index in [0.717, 1.165) is 0 Å². The molecule has 27 heavy (non-hydrogen) atoms. The molecular weight excluding hydrogens is 424 g/mol. The van der Waals surface area contributed by atoms with Crippen LogP contribution in [0.15, 0.2) is 0 Å². The van der Waals surface area contributed by atoms with Crippen LogP contribution in [0.3, 0.4) is 0 Å². The molecule has 4 nitrogen and oxygen atoms in total. The molecule has 0 spiro atoms. The van der Waals surface area contributed by atoms with Gasteiger partial charge in [0.05, 0.1) is 0 Å². The summed E-state index contributed by atoms with van der Waals surface area (Å²) in [6.07, 6.45) is -36.2. The zero-order chi connectivity index (χ0) is 22.1. The molecule has 1 saturated heterocycles. The van der Waals surface area contributed by atoms with Crippen molar-refractivity contribution in [3.05, 3.63) is 0 Å². The van der Waals surface area contributed by atoms with Crippen LogP contribution in [-0.4, -0.2) is 64.1 Å². The molecule has 162 valence electrons. The van der Waals surface area contributed by atoms with Gasteiger partial charge in [-0.15, -0.1) is 0 Å². The van der Waals surface area contributed by atoms with Gasteiger partial charge in [-0.3, -0.25) is 0 Å². The Balaban J connectivity index is 3.80. The molecule has 2 atom stereocenters. The zero-order valence-corrected chi connectivity index (χ0v) is 12.9. The van der Waals surface area contributed by atoms with Gasteiger partial charge in [0, 0.05) is 0 Å². The highest BCUT2D eigenvalue weighted by atomic mass is 19.4. The zero-order valence-electron chi connectivity index (χ0n) is 12.9. The number of hydrogen-bond donors (Lipinski definition) is 2. The molecule has 1 aliphatic rings. The van der Waals surface area contributed by atoms with Crippen LogP contribution in [0.2, 0.25) is 0 Å². The van der Waals surface area contributed by atoms with Gasteiger partial charge in [0.15, 0.2) is 5.79 Å². The number of ether oxygens (including phenoxy) is 2. The average molecular weight is 434 g/mol. The summed E-state index contributed by atoms with van der Waals surface area (Å²) in [6.45, 7) is 0.778. The van der Waals surface area contributed by atoms with E-state index in [1.807, 2.05) is 0 Å². The number of alkyl halides is 12. The summed E-state index contributed by atoms with van der Waals surface area (Å²) in [5, 5.41) is 18.4. The lowest BCUT2D eigenvalue weighted by molar-refractivity contribution is -0.420. The van der Waals surface area contributed by atoms with Crippen molar-refractivity contribution in [2.24, 2.45) is 0 Å². The highest BCUT2D eigenvalue weighted by molar-refractivity contribution is 5.14. The van der Waals surface area contributed by atoms with E-state index in [4.69, 9.17) is 0 Å². The van der Waals surface area contributed by atoms with E-state index in [-0.39, 0.29) is 0 Å². The molecule has 2 N–H and O–H groups in total. The molecule has 0 radical (unpaired) electrons. The molecule has 0 bridgehead atoms. The molecule has 1 aliphatic heterocycles. The van der Waals surface area contributed by atoms with Crippen LogP contribution in [0.5, 0.6) is 0 Å². The minimum atomic E-state index is -6.85. The van der Waals surface area contributed by atoms with Gasteiger partial charge in [-0.25, -0.2) is 0 Å². The van der Waals surface area contributed by atoms with Gasteiger partial charge in [0.1, 0.15) is 12.2 Å². The fraction of sp³-hybridized carbons (Fsp3) is 1.00. The summed E-state index contributed by atoms with van der Waals surface area (Å²) in [6, 6.07) is 0. The quantitative estimate of drug-likeness (QED) is 0.656. The fourth-order valence-electron chi connectivity index (χ4n) is 2.34. The summed E-state index contributed by atoms with van der Waals surface area (Å²) in [7, 11) is 0. The largest absolute Gasteiger partial charge is 0.429 e. The van der Waals surface area contributed by atoms with Crippen molar-refractivity contribution in [1.82, 2.24) is 0 Å². The lowest BCUT2D eigenvalue weighted by atomic mass is 9.82. The lowest BCUT2D eigenvalue weighted by Gasteiger charge is -2.43. The molecule has 0 aromatic heterocycles. The van der Waals surface area contributed by atoms with Gasteiger partial charge in [-0.05, 0) is 13.8 Å². The Morgan fingerprint density at radius 2 is 0.741 bits per heavy atom. The minimum absolute atomic E-state index is 0.389. The second-order valence-corrected chi connectivity index (χ2v) is 6.00. The Morgan fingerprint density at radius 1 is 0.556 bits per heavy atom. The molecular formula is C11H10F12O4. The van der Waals surface area contributed by atoms with E-state index in [0.29, 0.717) is 13.8 Å². The molecule has 1 unspecified atom stereocenters. The molecule has 1 fully saturated rings. The van der Waals surface area contributed by atoms with Gasteiger partial charge in [-0.2, -0.15) is 52.7 Å². The van der Waals surface area contributed by atoms with Crippen molar-refractivity contribution in [1.29, 1.82) is 0 Å². The van der Waals surface area contributed by atoms with E-state index in [2.05, 4.69) is 9.47 Å². The standard InChI is InChI=1S/C11H10F12O4/c1-5(2)26-3(6(24,8(12,13)14)9(15,16)17)4(27-5)7(25,10(18,19)20)11(21,22)23/h3-4,24-25H,1-2H3/t3-,4?/m1/s1. The molecule has 0 aromatic carbocycles. The summed E-state index contributed by atoms with van der Waals surface area (Å²) < 4.78 is 163. The second kappa shape index (κ2) is 6.00. The first-order valence-corrected chi connectivity index (χ1v) is 6.51. The molecule has 0 saturated carbocycles. The van der Waals surface area contributed by atoms with Crippen molar-refractivity contribution >= 4 is 0 Å². The average Bonchev–Trinajstić information content (AvgIpc) is 2.67. The Labute approximate surface area is 141 Å². The van der Waals surface area contributed by atoms with E-state index in [1.54, 1.807) is 0 Å². The highest BCUT2D eigenvalue weighted by Crippen LogP contribution is 2.56. The monoisotopic (exact) mass is 434 g/mol. The Morgan fingerprint density at radius 3 is 0.889 bits per heavy atom. The summed E-state index contributed by atoms with van der Waals surface area (Å²) >= 11 is 0. The summed E-state index contributed by atoms with van der Waals surface area (Å²) in [5.74, 6) is -2.90. The van der Waals surface area contributed by atoms with Gasteiger partial charge in [-0.1, -0.05) is 0 Å². The number of rotatable bonds is 2. The van der Waals surface area contributed by atoms with E-state index < -0.39 is 53.9 Å². The Bertz CT molecular complexity index is 482. The molecule has 16 heteroatoms. The molecule has 0 aromatic rings. The second-order valence-electron chi connectivity index (χ2n) is 6.00. The van der Waals surface area contributed by atoms with E-state index >= 15 is 0 Å². The molecule has 0 aliphatic carbocycles. The Kier molecular flexibility index (Phi) is 5.34. The predicted molar refractivity (Wildman–Crippen MR) is 57.9 cm³/mol. The van der Waals surface area contributed by atoms with Crippen LogP contribution in [0.4, 0.5) is 52.7 Å². The SMILES string of the molecule is CC1(C)OC(C(O)(C(F)(F)F)C(F)(F)F)[C@H](C(O)(C(F)(F)F)C(F)(F)F)O1. The first-order chi connectivity index (χ1) is 11.4. The normalized spacial score (nSPS) is 25.8. The van der Waals surface area contributed by atoms with Crippen molar-refractivity contribution < 1.29 is 72.4 Å². The molecule has 1 rings (SSSR count). The van der Waals surface area contributed by atoms with Crippen LogP contribution in [0.25, 0.3) is 0 Å². The third-order valence-electron chi connectivity index (χ3n) is 3.65. The molecule has 1 heterocycles. The number of aliphatic hydroxyl groups is 2. The maximum absolute atomic E-state index is 12.9. The smallest absolute Gasteiger partial charge is 0.372 e. The van der Waals surface area contributed by atoms with Gasteiger partial charge < -0.3 is 19.7 Å². The predicted octanol–water partition coefficient (Wildman–Crippen LogP) is 3.22. The van der Waals surface area contributed by atoms with Crippen LogP contribution < -0.4 is 0 Å². The molecule has 0 amide bonds. The van der Waals surface area contributed by atoms with Gasteiger partial charge in [0.25, 0.3) is 11.2 Å². The van der Waals surface area contributed by atoms with E-state index in [1.165, 1.54) is 0 Å². The van der Waals surface area contributed by atoms with Crippen molar-refractivity contribution in [3.8, 4) is 0 Å². The number of hydrogen-bond acceptors (Lipinski definition) is 4. The van der Waals surface area contributed by atoms with Crippen LogP contribution in [-0.2, 0) is 9.47 Å². The third kappa shape index (κ3) is 3.55. The summed E-state index contributed by atoms with van der Waals surface area (Å²) in [5.41, 5.74) is -12.5. The van der Waals surface area contributed by atoms with Gasteiger partial charge >= 0.3 is 24.7 Å². The van der Waals surface area contributed by atoms with Crippen LogP contribution >= 0.6 is 0 Å². The van der Waals surface area contributed by atoms with Crippen molar-refractivity contribution in [2.75, 3.05) is 0 Å². The third-order valence-corrected chi connectivity index (χ3v) is 3.65. The first-order valence-electron chi connectivity index (χ1n) is 6.51. The van der Waals surface area contributed by atoms with E-state index in [9.17, 15) is 62.9 Å². The fourth-order valence-corrected chi connectivity index (χ4v) is 2.34. The lowest BCUT2D eigenvalue weighted by Crippen LogP contribution is -2.74. The minimum Gasteiger partial charge on any atom is -0.372 e. The topological polar surface area (TPSA) is 58.9 Å². The highest BCUT2D eigenvalue weighted by Gasteiger charge is 2.85. The number of halogens is 12. The van der Waals surface area contributed by atoms with Crippen LogP contribution in [0, 0.1) is 0 Å². The maximum atomic E-state index is 12.9.